The molecule has 0 unspecified atom stereocenters. The Morgan fingerprint density at radius 1 is 1.00 bits per heavy atom. The lowest BCUT2D eigenvalue weighted by Gasteiger charge is -2.26. The maximum absolute atomic E-state index is 13.1. The number of amides is 1. The number of nitrogens with zero attached hydrogens (tertiary/aromatic N) is 2. The van der Waals surface area contributed by atoms with Crippen molar-refractivity contribution >= 4 is 17.6 Å². The first-order valence-corrected chi connectivity index (χ1v) is 9.58. The minimum absolute atomic E-state index is 0.220. The molecule has 3 rings (SSSR count). The number of para-hydroxylation sites is 1. The van der Waals surface area contributed by atoms with E-state index in [0.29, 0.717) is 11.4 Å². The van der Waals surface area contributed by atoms with E-state index in [1.54, 1.807) is 51.1 Å². The van der Waals surface area contributed by atoms with Gasteiger partial charge in [0.2, 0.25) is 0 Å². The number of nitrogens with one attached hydrogen (secondary N) is 1. The second kappa shape index (κ2) is 8.73. The number of hydrogen-bond donors (Lipinski definition) is 1. The molecule has 0 spiro atoms. The van der Waals surface area contributed by atoms with E-state index in [2.05, 4.69) is 10.4 Å². The first kappa shape index (κ1) is 21.0. The van der Waals surface area contributed by atoms with Gasteiger partial charge in [0.1, 0.15) is 5.54 Å². The summed E-state index contributed by atoms with van der Waals surface area (Å²) in [6.45, 7) is 5.12. The number of esters is 1. The summed E-state index contributed by atoms with van der Waals surface area (Å²) in [5.41, 5.74) is 0.221. The predicted octanol–water partition coefficient (Wildman–Crippen LogP) is 3.46. The Morgan fingerprint density at radius 2 is 1.67 bits per heavy atom. The number of hydrogen-bond acceptors (Lipinski definition) is 5. The van der Waals surface area contributed by atoms with Crippen LogP contribution >= 0.6 is 0 Å². The molecule has 0 bridgehead atoms. The van der Waals surface area contributed by atoms with E-state index in [1.807, 2.05) is 30.3 Å². The van der Waals surface area contributed by atoms with Crippen molar-refractivity contribution in [3.63, 3.8) is 0 Å². The molecule has 7 heteroatoms. The van der Waals surface area contributed by atoms with Crippen LogP contribution in [0.15, 0.2) is 71.5 Å². The van der Waals surface area contributed by atoms with E-state index < -0.39 is 23.0 Å². The normalized spacial score (nSPS) is 11.0. The fourth-order valence-electron chi connectivity index (χ4n) is 2.92. The van der Waals surface area contributed by atoms with Crippen LogP contribution in [0.5, 0.6) is 0 Å². The molecule has 1 amide bonds. The Balaban J connectivity index is 1.94. The van der Waals surface area contributed by atoms with Crippen LogP contribution in [-0.2, 0) is 15.1 Å². The number of rotatable bonds is 6. The van der Waals surface area contributed by atoms with Gasteiger partial charge in [0.25, 0.3) is 11.5 Å². The molecular weight excluding hydrogens is 382 g/mol. The van der Waals surface area contributed by atoms with Gasteiger partial charge in [-0.2, -0.15) is 5.10 Å². The fourth-order valence-corrected chi connectivity index (χ4v) is 2.92. The van der Waals surface area contributed by atoms with E-state index >= 15 is 0 Å². The monoisotopic (exact) mass is 405 g/mol. The van der Waals surface area contributed by atoms with Crippen molar-refractivity contribution in [1.29, 1.82) is 0 Å². The topological polar surface area (TPSA) is 90.3 Å². The number of ether oxygens (including phenoxy) is 1. The highest BCUT2D eigenvalue weighted by Gasteiger charge is 2.33. The Hall–Kier alpha value is -3.74. The molecule has 0 radical (unpaired) electrons. The standard InChI is InChI=1S/C23H23N3O4/c1-4-30-21(28)17-12-8-9-13-19(17)24-22(29)23(2,3)26-20(27)15-14-18(25-26)16-10-6-5-7-11-16/h5-15H,4H2,1-3H3,(H,24,29). The summed E-state index contributed by atoms with van der Waals surface area (Å²) in [5, 5.41) is 7.15. The maximum atomic E-state index is 13.1. The first-order chi connectivity index (χ1) is 14.3. The summed E-state index contributed by atoms with van der Waals surface area (Å²) in [7, 11) is 0. The minimum Gasteiger partial charge on any atom is -0.462 e. The molecule has 0 aliphatic heterocycles. The molecule has 1 N–H and O–H groups in total. The van der Waals surface area contributed by atoms with Gasteiger partial charge in [-0.3, -0.25) is 9.59 Å². The van der Waals surface area contributed by atoms with Gasteiger partial charge in [0.15, 0.2) is 0 Å². The first-order valence-electron chi connectivity index (χ1n) is 9.58. The fraction of sp³-hybridized carbons (Fsp3) is 0.217. The molecule has 0 aliphatic rings. The molecule has 0 aliphatic carbocycles. The van der Waals surface area contributed by atoms with Crippen LogP contribution < -0.4 is 10.9 Å². The lowest BCUT2D eigenvalue weighted by Crippen LogP contribution is -2.47. The highest BCUT2D eigenvalue weighted by molar-refractivity contribution is 6.03. The molecule has 1 heterocycles. The van der Waals surface area contributed by atoms with Crippen molar-refractivity contribution in [1.82, 2.24) is 9.78 Å². The summed E-state index contributed by atoms with van der Waals surface area (Å²) in [6.07, 6.45) is 0. The quantitative estimate of drug-likeness (QED) is 0.634. The van der Waals surface area contributed by atoms with Gasteiger partial charge in [-0.1, -0.05) is 42.5 Å². The minimum atomic E-state index is -1.32. The van der Waals surface area contributed by atoms with E-state index in [1.165, 1.54) is 6.07 Å². The molecule has 3 aromatic rings. The molecular formula is C23H23N3O4. The molecule has 154 valence electrons. The molecule has 2 aromatic carbocycles. The largest absolute Gasteiger partial charge is 0.462 e. The summed E-state index contributed by atoms with van der Waals surface area (Å²) in [5.74, 6) is -1.02. The van der Waals surface area contributed by atoms with Crippen molar-refractivity contribution in [2.45, 2.75) is 26.3 Å². The Bertz CT molecular complexity index is 1120. The molecule has 7 nitrogen and oxygen atoms in total. The Labute approximate surface area is 174 Å². The van der Waals surface area contributed by atoms with E-state index in [-0.39, 0.29) is 12.2 Å². The van der Waals surface area contributed by atoms with Crippen LogP contribution in [0.4, 0.5) is 5.69 Å². The zero-order valence-electron chi connectivity index (χ0n) is 17.1. The van der Waals surface area contributed by atoms with Crippen molar-refractivity contribution in [2.75, 3.05) is 11.9 Å². The van der Waals surface area contributed by atoms with E-state index in [0.717, 1.165) is 10.2 Å². The Morgan fingerprint density at radius 3 is 2.37 bits per heavy atom. The van der Waals surface area contributed by atoms with Crippen LogP contribution in [0.2, 0.25) is 0 Å². The lowest BCUT2D eigenvalue weighted by molar-refractivity contribution is -0.123. The smallest absolute Gasteiger partial charge is 0.340 e. The molecule has 0 fully saturated rings. The zero-order chi connectivity index (χ0) is 21.7. The van der Waals surface area contributed by atoms with Crippen LogP contribution in [0.3, 0.4) is 0 Å². The van der Waals surface area contributed by atoms with E-state index in [9.17, 15) is 14.4 Å². The third-order valence-corrected chi connectivity index (χ3v) is 4.63. The molecule has 0 saturated carbocycles. The molecule has 30 heavy (non-hydrogen) atoms. The van der Waals surface area contributed by atoms with Crippen molar-refractivity contribution in [3.8, 4) is 11.3 Å². The molecule has 0 saturated heterocycles. The number of carbonyl (C=O) groups excluding carboxylic acids is 2. The van der Waals surface area contributed by atoms with Gasteiger partial charge < -0.3 is 10.1 Å². The maximum Gasteiger partial charge on any atom is 0.340 e. The van der Waals surface area contributed by atoms with Gasteiger partial charge in [0.05, 0.1) is 23.6 Å². The number of anilines is 1. The number of aromatic nitrogens is 2. The number of benzene rings is 2. The van der Waals surface area contributed by atoms with Gasteiger partial charge in [-0.05, 0) is 39.0 Å². The van der Waals surface area contributed by atoms with Gasteiger partial charge in [-0.25, -0.2) is 9.48 Å². The highest BCUT2D eigenvalue weighted by atomic mass is 16.5. The SMILES string of the molecule is CCOC(=O)c1ccccc1NC(=O)C(C)(C)n1nc(-c2ccccc2)ccc1=O. The summed E-state index contributed by atoms with van der Waals surface area (Å²) >= 11 is 0. The number of carbonyl (C=O) groups is 2. The third-order valence-electron chi connectivity index (χ3n) is 4.63. The van der Waals surface area contributed by atoms with Crippen LogP contribution in [-0.4, -0.2) is 28.3 Å². The van der Waals surface area contributed by atoms with Crippen molar-refractivity contribution in [3.05, 3.63) is 82.6 Å². The average molecular weight is 405 g/mol. The van der Waals surface area contributed by atoms with Crippen LogP contribution in [0.1, 0.15) is 31.1 Å². The average Bonchev–Trinajstić information content (AvgIpc) is 2.75. The molecule has 0 atom stereocenters. The van der Waals surface area contributed by atoms with Crippen molar-refractivity contribution < 1.29 is 14.3 Å². The zero-order valence-corrected chi connectivity index (χ0v) is 17.1. The molecule has 1 aromatic heterocycles. The van der Waals surface area contributed by atoms with Gasteiger partial charge in [-0.15, -0.1) is 0 Å². The summed E-state index contributed by atoms with van der Waals surface area (Å²) in [4.78, 5) is 37.8. The highest BCUT2D eigenvalue weighted by Crippen LogP contribution is 2.22. The second-order valence-corrected chi connectivity index (χ2v) is 7.11. The summed E-state index contributed by atoms with van der Waals surface area (Å²) < 4.78 is 6.20. The second-order valence-electron chi connectivity index (χ2n) is 7.11. The third kappa shape index (κ3) is 4.30. The van der Waals surface area contributed by atoms with E-state index in [4.69, 9.17) is 4.74 Å². The van der Waals surface area contributed by atoms with Gasteiger partial charge in [0, 0.05) is 11.6 Å². The predicted molar refractivity (Wildman–Crippen MR) is 114 cm³/mol. The van der Waals surface area contributed by atoms with Crippen molar-refractivity contribution in [2.24, 2.45) is 0 Å². The van der Waals surface area contributed by atoms with Crippen LogP contribution in [0.25, 0.3) is 11.3 Å². The Kier molecular flexibility index (Phi) is 6.11. The summed E-state index contributed by atoms with van der Waals surface area (Å²) in [6, 6.07) is 19.0. The lowest BCUT2D eigenvalue weighted by atomic mass is 10.0. The van der Waals surface area contributed by atoms with Gasteiger partial charge >= 0.3 is 5.97 Å². The van der Waals surface area contributed by atoms with Crippen LogP contribution in [0, 0.1) is 0 Å².